The van der Waals surface area contributed by atoms with Crippen molar-refractivity contribution >= 4 is 17.6 Å². The maximum absolute atomic E-state index is 14.0. The molecule has 3 rings (SSSR count). The van der Waals surface area contributed by atoms with Crippen molar-refractivity contribution in [3.8, 4) is 5.82 Å². The Labute approximate surface area is 154 Å². The van der Waals surface area contributed by atoms with Crippen LogP contribution in [-0.4, -0.2) is 33.8 Å². The fourth-order valence-electron chi connectivity index (χ4n) is 2.57. The summed E-state index contributed by atoms with van der Waals surface area (Å²) < 4.78 is 20.2. The molecule has 1 amide bonds. The summed E-state index contributed by atoms with van der Waals surface area (Å²) in [4.78, 5) is 28.2. The molecule has 0 unspecified atom stereocenters. The summed E-state index contributed by atoms with van der Waals surface area (Å²) in [5, 5.41) is 6.77. The second kappa shape index (κ2) is 7.36. The number of aryl methyl sites for hydroxylation is 2. The molecule has 2 aromatic heterocycles. The van der Waals surface area contributed by atoms with Gasteiger partial charge in [-0.2, -0.15) is 5.10 Å². The van der Waals surface area contributed by atoms with Crippen LogP contribution in [0.2, 0.25) is 0 Å². The zero-order valence-electron chi connectivity index (χ0n) is 15.0. The number of esters is 1. The number of methoxy groups -OCH3 is 1. The van der Waals surface area contributed by atoms with E-state index >= 15 is 0 Å². The lowest BCUT2D eigenvalue weighted by atomic mass is 10.2. The third-order valence-corrected chi connectivity index (χ3v) is 3.87. The molecule has 138 valence electrons. The lowest BCUT2D eigenvalue weighted by molar-refractivity contribution is 0.0600. The van der Waals surface area contributed by atoms with Crippen molar-refractivity contribution in [1.82, 2.24) is 14.8 Å². The zero-order chi connectivity index (χ0) is 19.6. The maximum atomic E-state index is 14.0. The first kappa shape index (κ1) is 18.2. The number of carbonyl (C=O) groups is 2. The SMILES string of the molecule is COC(=O)c1ccc(F)c(NC(=O)c2ccc(-n3nc(C)cc3C)nc2)c1. The number of nitrogens with zero attached hydrogens (tertiary/aromatic N) is 3. The number of benzene rings is 1. The Morgan fingerprint density at radius 1 is 1.11 bits per heavy atom. The van der Waals surface area contributed by atoms with E-state index in [1.165, 1.54) is 25.4 Å². The molecule has 8 heteroatoms. The highest BCUT2D eigenvalue weighted by Crippen LogP contribution is 2.18. The molecule has 3 aromatic rings. The van der Waals surface area contributed by atoms with Gasteiger partial charge in [0.15, 0.2) is 5.82 Å². The number of pyridine rings is 1. The van der Waals surface area contributed by atoms with Crippen LogP contribution in [0.5, 0.6) is 0 Å². The highest BCUT2D eigenvalue weighted by molar-refractivity contribution is 6.04. The molecule has 0 bridgehead atoms. The van der Waals surface area contributed by atoms with Gasteiger partial charge in [-0.3, -0.25) is 4.79 Å². The number of rotatable bonds is 4. The minimum absolute atomic E-state index is 0.120. The lowest BCUT2D eigenvalue weighted by Crippen LogP contribution is -2.14. The molecule has 0 fully saturated rings. The molecule has 1 aromatic carbocycles. The zero-order valence-corrected chi connectivity index (χ0v) is 15.0. The average molecular weight is 368 g/mol. The molecule has 0 atom stereocenters. The van der Waals surface area contributed by atoms with Crippen LogP contribution in [0, 0.1) is 19.7 Å². The van der Waals surface area contributed by atoms with Gasteiger partial charge in [-0.05, 0) is 50.2 Å². The van der Waals surface area contributed by atoms with E-state index in [-0.39, 0.29) is 16.8 Å². The quantitative estimate of drug-likeness (QED) is 0.715. The molecular weight excluding hydrogens is 351 g/mol. The van der Waals surface area contributed by atoms with Crippen molar-refractivity contribution in [1.29, 1.82) is 0 Å². The summed E-state index contributed by atoms with van der Waals surface area (Å²) in [6, 6.07) is 8.72. The predicted octanol–water partition coefficient (Wildman–Crippen LogP) is 3.06. The molecule has 7 nitrogen and oxygen atoms in total. The first-order valence-electron chi connectivity index (χ1n) is 8.08. The van der Waals surface area contributed by atoms with Crippen LogP contribution in [-0.2, 0) is 4.74 Å². The van der Waals surface area contributed by atoms with E-state index in [4.69, 9.17) is 0 Å². The van der Waals surface area contributed by atoms with E-state index in [0.717, 1.165) is 17.5 Å². The smallest absolute Gasteiger partial charge is 0.337 e. The van der Waals surface area contributed by atoms with Gasteiger partial charge < -0.3 is 10.1 Å². The number of hydrogen-bond donors (Lipinski definition) is 1. The van der Waals surface area contributed by atoms with Gasteiger partial charge in [0, 0.05) is 11.9 Å². The van der Waals surface area contributed by atoms with E-state index < -0.39 is 17.7 Å². The molecule has 0 saturated carbocycles. The monoisotopic (exact) mass is 368 g/mol. The molecule has 0 aliphatic rings. The Balaban J connectivity index is 1.81. The normalized spacial score (nSPS) is 10.5. The van der Waals surface area contributed by atoms with E-state index in [2.05, 4.69) is 20.1 Å². The molecule has 0 spiro atoms. The topological polar surface area (TPSA) is 86.1 Å². The lowest BCUT2D eigenvalue weighted by Gasteiger charge is -2.09. The van der Waals surface area contributed by atoms with E-state index in [0.29, 0.717) is 5.82 Å². The number of ether oxygens (including phenoxy) is 1. The molecular formula is C19H17FN4O3. The third kappa shape index (κ3) is 3.84. The first-order chi connectivity index (χ1) is 12.9. The van der Waals surface area contributed by atoms with Gasteiger partial charge in [0.1, 0.15) is 5.82 Å². The van der Waals surface area contributed by atoms with Crippen molar-refractivity contribution in [2.75, 3.05) is 12.4 Å². The summed E-state index contributed by atoms with van der Waals surface area (Å²) in [5.41, 5.74) is 2.02. The maximum Gasteiger partial charge on any atom is 0.337 e. The third-order valence-electron chi connectivity index (χ3n) is 3.87. The fraction of sp³-hybridized carbons (Fsp3) is 0.158. The van der Waals surface area contributed by atoms with Gasteiger partial charge in [-0.25, -0.2) is 18.9 Å². The second-order valence-electron chi connectivity index (χ2n) is 5.88. The number of halogens is 1. The molecule has 1 N–H and O–H groups in total. The van der Waals surface area contributed by atoms with Gasteiger partial charge in [0.05, 0.1) is 29.6 Å². The number of carbonyl (C=O) groups excluding carboxylic acids is 2. The number of anilines is 1. The molecule has 0 aliphatic carbocycles. The van der Waals surface area contributed by atoms with Gasteiger partial charge >= 0.3 is 5.97 Å². The molecule has 27 heavy (non-hydrogen) atoms. The van der Waals surface area contributed by atoms with Crippen molar-refractivity contribution in [3.05, 3.63) is 70.9 Å². The van der Waals surface area contributed by atoms with Crippen LogP contribution in [0.15, 0.2) is 42.6 Å². The van der Waals surface area contributed by atoms with Gasteiger partial charge in [0.2, 0.25) is 0 Å². The molecule has 0 radical (unpaired) electrons. The van der Waals surface area contributed by atoms with E-state index in [9.17, 15) is 14.0 Å². The van der Waals surface area contributed by atoms with E-state index in [1.807, 2.05) is 19.9 Å². The Bertz CT molecular complexity index is 1010. The van der Waals surface area contributed by atoms with Crippen LogP contribution in [0.3, 0.4) is 0 Å². The Morgan fingerprint density at radius 2 is 1.85 bits per heavy atom. The van der Waals surface area contributed by atoms with E-state index in [1.54, 1.807) is 16.8 Å². The molecule has 0 aliphatic heterocycles. The van der Waals surface area contributed by atoms with Crippen molar-refractivity contribution in [3.63, 3.8) is 0 Å². The summed E-state index contributed by atoms with van der Waals surface area (Å²) in [5.74, 6) is -1.27. The number of amides is 1. The van der Waals surface area contributed by atoms with Crippen LogP contribution in [0.25, 0.3) is 5.82 Å². The molecule has 2 heterocycles. The van der Waals surface area contributed by atoms with Crippen molar-refractivity contribution in [2.45, 2.75) is 13.8 Å². The van der Waals surface area contributed by atoms with Crippen molar-refractivity contribution in [2.24, 2.45) is 0 Å². The molecule has 0 saturated heterocycles. The van der Waals surface area contributed by atoms with Gasteiger partial charge in [0.25, 0.3) is 5.91 Å². The number of nitrogens with one attached hydrogen (secondary N) is 1. The first-order valence-corrected chi connectivity index (χ1v) is 8.08. The van der Waals surface area contributed by atoms with Crippen molar-refractivity contribution < 1.29 is 18.7 Å². The second-order valence-corrected chi connectivity index (χ2v) is 5.88. The highest BCUT2D eigenvalue weighted by atomic mass is 19.1. The minimum atomic E-state index is -0.664. The number of hydrogen-bond acceptors (Lipinski definition) is 5. The Hall–Kier alpha value is -3.55. The van der Waals surface area contributed by atoms with Crippen LogP contribution >= 0.6 is 0 Å². The summed E-state index contributed by atoms with van der Waals surface area (Å²) in [6.07, 6.45) is 1.38. The van der Waals surface area contributed by atoms with Gasteiger partial charge in [-0.15, -0.1) is 0 Å². The highest BCUT2D eigenvalue weighted by Gasteiger charge is 2.14. The summed E-state index contributed by atoms with van der Waals surface area (Å²) >= 11 is 0. The fourth-order valence-corrected chi connectivity index (χ4v) is 2.57. The Kier molecular flexibility index (Phi) is 4.98. The van der Waals surface area contributed by atoms with Crippen LogP contribution in [0.4, 0.5) is 10.1 Å². The standard InChI is InChI=1S/C19H17FN4O3/c1-11-8-12(2)24(23-11)17-7-5-14(10-21-17)18(25)22-16-9-13(19(26)27-3)4-6-15(16)20/h4-10H,1-3H3,(H,22,25). The average Bonchev–Trinajstić information content (AvgIpc) is 3.01. The largest absolute Gasteiger partial charge is 0.465 e. The predicted molar refractivity (Wildman–Crippen MR) is 96.5 cm³/mol. The van der Waals surface area contributed by atoms with Gasteiger partial charge in [-0.1, -0.05) is 0 Å². The van der Waals surface area contributed by atoms with Crippen LogP contribution in [0.1, 0.15) is 32.1 Å². The Morgan fingerprint density at radius 3 is 2.44 bits per heavy atom. The minimum Gasteiger partial charge on any atom is -0.465 e. The summed E-state index contributed by atoms with van der Waals surface area (Å²) in [6.45, 7) is 3.78. The van der Waals surface area contributed by atoms with Crippen LogP contribution < -0.4 is 5.32 Å². The number of aromatic nitrogens is 3. The summed E-state index contributed by atoms with van der Waals surface area (Å²) in [7, 11) is 1.22.